The van der Waals surface area contributed by atoms with E-state index in [-0.39, 0.29) is 11.9 Å². The number of fused-ring (bicyclic) bond motifs is 4. The van der Waals surface area contributed by atoms with Crippen molar-refractivity contribution in [2.24, 2.45) is 5.10 Å². The summed E-state index contributed by atoms with van der Waals surface area (Å²) in [6, 6.07) is 24.4. The summed E-state index contributed by atoms with van der Waals surface area (Å²) in [6.07, 6.45) is 0.160. The molecule has 0 saturated heterocycles. The van der Waals surface area contributed by atoms with Gasteiger partial charge in [-0.3, -0.25) is 0 Å². The quantitative estimate of drug-likeness (QED) is 0.307. The summed E-state index contributed by atoms with van der Waals surface area (Å²) in [5, 5.41) is 10.3. The van der Waals surface area contributed by atoms with E-state index in [0.717, 1.165) is 27.8 Å². The van der Waals surface area contributed by atoms with Gasteiger partial charge >= 0.3 is 0 Å². The third kappa shape index (κ3) is 3.22. The van der Waals surface area contributed by atoms with E-state index in [4.69, 9.17) is 33.0 Å². The average Bonchev–Trinajstić information content (AvgIpc) is 3.25. The Labute approximate surface area is 194 Å². The van der Waals surface area contributed by atoms with Crippen molar-refractivity contribution in [2.45, 2.75) is 18.7 Å². The van der Waals surface area contributed by atoms with E-state index in [1.54, 1.807) is 18.2 Å². The highest BCUT2D eigenvalue weighted by molar-refractivity contribution is 6.35. The fourth-order valence-corrected chi connectivity index (χ4v) is 5.06. The standard InChI is InChI=1S/C26H17Cl2FN2O/c27-19-12-21-24-14-23(18-6-5-15-3-1-2-4-17(15)11-18)30-31(24)26(32-25(21)22(28)13-19)16-7-9-20(29)10-8-16/h1-13,24,26H,14H2/t24-,26-/m0/s1. The van der Waals surface area contributed by atoms with Gasteiger partial charge in [0.15, 0.2) is 0 Å². The van der Waals surface area contributed by atoms with Gasteiger partial charge in [-0.2, -0.15) is 5.10 Å². The SMILES string of the molecule is Fc1ccc([C@@H]2Oc3c(Cl)cc(Cl)cc3[C@@H]3CC(c4ccc5ccccc5c4)=NN32)cc1. The first-order valence-electron chi connectivity index (χ1n) is 10.3. The van der Waals surface area contributed by atoms with E-state index in [9.17, 15) is 4.39 Å². The third-order valence-electron chi connectivity index (χ3n) is 6.05. The van der Waals surface area contributed by atoms with Crippen molar-refractivity contribution in [3.8, 4) is 5.75 Å². The average molecular weight is 463 g/mol. The lowest BCUT2D eigenvalue weighted by atomic mass is 9.95. The molecule has 0 fully saturated rings. The number of hydrazone groups is 1. The Morgan fingerprint density at radius 2 is 1.69 bits per heavy atom. The minimum atomic E-state index is -0.523. The molecule has 0 aliphatic carbocycles. The zero-order valence-corrected chi connectivity index (χ0v) is 18.3. The van der Waals surface area contributed by atoms with Crippen LogP contribution in [0, 0.1) is 5.82 Å². The van der Waals surface area contributed by atoms with Crippen LogP contribution in [0.3, 0.4) is 0 Å². The molecule has 32 heavy (non-hydrogen) atoms. The van der Waals surface area contributed by atoms with Crippen molar-refractivity contribution in [1.82, 2.24) is 5.01 Å². The number of halogens is 3. The fourth-order valence-electron chi connectivity index (χ4n) is 4.51. The Balaban J connectivity index is 1.47. The van der Waals surface area contributed by atoms with Crippen molar-refractivity contribution in [1.29, 1.82) is 0 Å². The predicted octanol–water partition coefficient (Wildman–Crippen LogP) is 7.53. The van der Waals surface area contributed by atoms with Gasteiger partial charge in [0.25, 0.3) is 0 Å². The smallest absolute Gasteiger partial charge is 0.213 e. The zero-order valence-electron chi connectivity index (χ0n) is 16.8. The molecule has 6 heteroatoms. The Morgan fingerprint density at radius 3 is 2.50 bits per heavy atom. The van der Waals surface area contributed by atoms with Crippen LogP contribution in [-0.4, -0.2) is 10.7 Å². The monoisotopic (exact) mass is 462 g/mol. The highest BCUT2D eigenvalue weighted by atomic mass is 35.5. The van der Waals surface area contributed by atoms with E-state index in [2.05, 4.69) is 30.3 Å². The number of hydrogen-bond donors (Lipinski definition) is 0. The highest BCUT2D eigenvalue weighted by Gasteiger charge is 2.42. The van der Waals surface area contributed by atoms with Crippen molar-refractivity contribution in [3.63, 3.8) is 0 Å². The lowest BCUT2D eigenvalue weighted by Crippen LogP contribution is -2.33. The van der Waals surface area contributed by atoms with Crippen LogP contribution in [0.5, 0.6) is 5.75 Å². The summed E-state index contributed by atoms with van der Waals surface area (Å²) < 4.78 is 19.9. The Hall–Kier alpha value is -3.08. The van der Waals surface area contributed by atoms with E-state index in [1.165, 1.54) is 17.5 Å². The van der Waals surface area contributed by atoms with Gasteiger partial charge in [-0.1, -0.05) is 71.7 Å². The molecule has 0 amide bonds. The van der Waals surface area contributed by atoms with Crippen LogP contribution < -0.4 is 4.74 Å². The summed E-state index contributed by atoms with van der Waals surface area (Å²) in [5.41, 5.74) is 3.73. The third-order valence-corrected chi connectivity index (χ3v) is 6.54. The van der Waals surface area contributed by atoms with Gasteiger partial charge in [0.1, 0.15) is 11.6 Å². The van der Waals surface area contributed by atoms with Crippen LogP contribution in [0.4, 0.5) is 4.39 Å². The molecule has 0 radical (unpaired) electrons. The molecule has 4 aromatic carbocycles. The maximum atomic E-state index is 13.6. The van der Waals surface area contributed by atoms with Gasteiger partial charge in [0.05, 0.1) is 16.8 Å². The summed E-state index contributed by atoms with van der Waals surface area (Å²) in [7, 11) is 0. The van der Waals surface area contributed by atoms with Gasteiger partial charge in [-0.05, 0) is 46.7 Å². The lowest BCUT2D eigenvalue weighted by Gasteiger charge is -2.38. The number of nitrogens with zero attached hydrogens (tertiary/aromatic N) is 2. The lowest BCUT2D eigenvalue weighted by molar-refractivity contribution is -0.0189. The van der Waals surface area contributed by atoms with Gasteiger partial charge in [0, 0.05) is 22.6 Å². The van der Waals surface area contributed by atoms with Gasteiger partial charge in [0.2, 0.25) is 6.23 Å². The maximum absolute atomic E-state index is 13.6. The second-order valence-corrected chi connectivity index (χ2v) is 8.88. The largest absolute Gasteiger partial charge is 0.463 e. The first kappa shape index (κ1) is 19.6. The van der Waals surface area contributed by atoms with Crippen LogP contribution in [0.2, 0.25) is 10.0 Å². The van der Waals surface area contributed by atoms with E-state index in [1.807, 2.05) is 23.2 Å². The molecular weight excluding hydrogens is 446 g/mol. The summed E-state index contributed by atoms with van der Waals surface area (Å²) >= 11 is 12.8. The molecule has 0 aromatic heterocycles. The normalized spacial score (nSPS) is 19.3. The first-order chi connectivity index (χ1) is 15.6. The van der Waals surface area contributed by atoms with Crippen molar-refractivity contribution in [3.05, 3.63) is 111 Å². The Morgan fingerprint density at radius 1 is 0.906 bits per heavy atom. The van der Waals surface area contributed by atoms with Crippen LogP contribution >= 0.6 is 23.2 Å². The molecule has 0 spiro atoms. The second kappa shape index (κ2) is 7.51. The molecule has 0 saturated carbocycles. The molecule has 2 aliphatic heterocycles. The second-order valence-electron chi connectivity index (χ2n) is 8.04. The molecule has 0 unspecified atom stereocenters. The highest BCUT2D eigenvalue weighted by Crippen LogP contribution is 2.50. The molecule has 2 aliphatic rings. The Kier molecular flexibility index (Phi) is 4.60. The maximum Gasteiger partial charge on any atom is 0.213 e. The van der Waals surface area contributed by atoms with Crippen LogP contribution in [0.1, 0.15) is 35.4 Å². The van der Waals surface area contributed by atoms with E-state index < -0.39 is 6.23 Å². The summed E-state index contributed by atoms with van der Waals surface area (Å²) in [6.45, 7) is 0. The van der Waals surface area contributed by atoms with Gasteiger partial charge in [-0.15, -0.1) is 0 Å². The van der Waals surface area contributed by atoms with E-state index >= 15 is 0 Å². The molecule has 2 atom stereocenters. The van der Waals surface area contributed by atoms with Gasteiger partial charge in [-0.25, -0.2) is 9.40 Å². The first-order valence-corrected chi connectivity index (χ1v) is 11.1. The zero-order chi connectivity index (χ0) is 21.8. The molecule has 0 bridgehead atoms. The minimum Gasteiger partial charge on any atom is -0.463 e. The van der Waals surface area contributed by atoms with Gasteiger partial charge < -0.3 is 4.74 Å². The van der Waals surface area contributed by atoms with Crippen molar-refractivity contribution >= 4 is 39.7 Å². The molecule has 3 nitrogen and oxygen atoms in total. The number of hydrogen-bond acceptors (Lipinski definition) is 3. The van der Waals surface area contributed by atoms with E-state index in [0.29, 0.717) is 22.2 Å². The van der Waals surface area contributed by atoms with Crippen LogP contribution in [0.25, 0.3) is 10.8 Å². The fraction of sp³-hybridized carbons (Fsp3) is 0.115. The minimum absolute atomic E-state index is 0.0912. The predicted molar refractivity (Wildman–Crippen MR) is 126 cm³/mol. The molecule has 2 heterocycles. The Bertz CT molecular complexity index is 1390. The molecule has 0 N–H and O–H groups in total. The van der Waals surface area contributed by atoms with Crippen molar-refractivity contribution in [2.75, 3.05) is 0 Å². The number of ether oxygens (including phenoxy) is 1. The topological polar surface area (TPSA) is 24.8 Å². The number of benzene rings is 4. The molecule has 6 rings (SSSR count). The van der Waals surface area contributed by atoms with Crippen LogP contribution in [0.15, 0.2) is 84.0 Å². The van der Waals surface area contributed by atoms with Crippen LogP contribution in [-0.2, 0) is 0 Å². The molecule has 4 aromatic rings. The van der Waals surface area contributed by atoms with Crippen molar-refractivity contribution < 1.29 is 9.13 Å². The summed E-state index contributed by atoms with van der Waals surface area (Å²) in [5.74, 6) is 0.301. The molecular formula is C26H17Cl2FN2O. The number of rotatable bonds is 2. The molecule has 158 valence electrons. The summed E-state index contributed by atoms with van der Waals surface area (Å²) in [4.78, 5) is 0.